The number of ketones is 1. The van der Waals surface area contributed by atoms with E-state index in [0.717, 1.165) is 11.1 Å². The minimum Gasteiger partial charge on any atom is -0.497 e. The summed E-state index contributed by atoms with van der Waals surface area (Å²) >= 11 is 5.91. The number of hydrogen-bond acceptors (Lipinski definition) is 7. The Hall–Kier alpha value is -4.10. The van der Waals surface area contributed by atoms with Crippen LogP contribution in [0.4, 0.5) is 0 Å². The molecule has 0 bridgehead atoms. The number of allylic oxidation sites excluding steroid dienone is 1. The fraction of sp³-hybridized carbons (Fsp3) is 0.115. The highest BCUT2D eigenvalue weighted by molar-refractivity contribution is 6.30. The number of ether oxygens (including phenoxy) is 3. The molecule has 7 nitrogen and oxygen atoms in total. The van der Waals surface area contributed by atoms with Crippen LogP contribution < -0.4 is 14.2 Å². The minimum atomic E-state index is -0.116. The first-order chi connectivity index (χ1) is 16.6. The zero-order valence-electron chi connectivity index (χ0n) is 18.5. The van der Waals surface area contributed by atoms with E-state index in [2.05, 4.69) is 10.2 Å². The third-order valence-electron chi connectivity index (χ3n) is 4.90. The van der Waals surface area contributed by atoms with Gasteiger partial charge in [-0.25, -0.2) is 0 Å². The van der Waals surface area contributed by atoms with Crippen LogP contribution in [0, 0.1) is 0 Å². The fourth-order valence-electron chi connectivity index (χ4n) is 3.09. The van der Waals surface area contributed by atoms with E-state index in [0.29, 0.717) is 39.6 Å². The van der Waals surface area contributed by atoms with Crippen LogP contribution in [-0.4, -0.2) is 30.2 Å². The van der Waals surface area contributed by atoms with Gasteiger partial charge in [-0.3, -0.25) is 4.79 Å². The maximum absolute atomic E-state index is 12.4. The normalized spacial score (nSPS) is 10.9. The second-order valence-electron chi connectivity index (χ2n) is 7.13. The molecule has 0 atom stereocenters. The molecule has 0 N–H and O–H groups in total. The largest absolute Gasteiger partial charge is 0.497 e. The molecule has 0 saturated carbocycles. The lowest BCUT2D eigenvalue weighted by Crippen LogP contribution is -1.98. The molecule has 0 aliphatic rings. The van der Waals surface area contributed by atoms with E-state index in [-0.39, 0.29) is 12.4 Å². The average molecular weight is 477 g/mol. The van der Waals surface area contributed by atoms with Gasteiger partial charge in [0.25, 0.3) is 5.89 Å². The molecular formula is C26H21ClN2O5. The van der Waals surface area contributed by atoms with Crippen molar-refractivity contribution >= 4 is 23.5 Å². The number of carbonyl (C=O) groups excluding carboxylic acids is 1. The Morgan fingerprint density at radius 2 is 1.71 bits per heavy atom. The van der Waals surface area contributed by atoms with Crippen LogP contribution in [0.15, 0.2) is 77.2 Å². The molecule has 0 aliphatic heterocycles. The van der Waals surface area contributed by atoms with Crippen LogP contribution in [-0.2, 0) is 6.61 Å². The number of methoxy groups -OCH3 is 2. The number of benzene rings is 3. The molecule has 0 amide bonds. The van der Waals surface area contributed by atoms with Gasteiger partial charge < -0.3 is 18.6 Å². The first kappa shape index (κ1) is 23.1. The molecule has 8 heteroatoms. The Bertz CT molecular complexity index is 1300. The van der Waals surface area contributed by atoms with Crippen LogP contribution in [0.2, 0.25) is 5.02 Å². The molecule has 1 heterocycles. The number of halogens is 1. The molecule has 0 aliphatic carbocycles. The molecular weight excluding hydrogens is 456 g/mol. The molecule has 34 heavy (non-hydrogen) atoms. The summed E-state index contributed by atoms with van der Waals surface area (Å²) in [7, 11) is 3.13. The second kappa shape index (κ2) is 10.7. The quantitative estimate of drug-likeness (QED) is 0.220. The lowest BCUT2D eigenvalue weighted by molar-refractivity contribution is 0.104. The van der Waals surface area contributed by atoms with E-state index in [9.17, 15) is 4.79 Å². The average Bonchev–Trinajstić information content (AvgIpc) is 3.35. The number of carbonyl (C=O) groups is 1. The molecule has 1 aromatic heterocycles. The fourth-order valence-corrected chi connectivity index (χ4v) is 3.22. The number of nitrogens with zero attached hydrogens (tertiary/aromatic N) is 2. The predicted octanol–water partition coefficient (Wildman–Crippen LogP) is 5.88. The summed E-state index contributed by atoms with van der Waals surface area (Å²) in [6, 6.07) is 19.4. The van der Waals surface area contributed by atoms with Crippen LogP contribution in [0.1, 0.15) is 21.8 Å². The molecule has 4 rings (SSSR count). The molecule has 0 fully saturated rings. The van der Waals surface area contributed by atoms with Crippen molar-refractivity contribution in [2.45, 2.75) is 6.61 Å². The summed E-state index contributed by atoms with van der Waals surface area (Å²) in [5, 5.41) is 8.69. The highest BCUT2D eigenvalue weighted by Gasteiger charge is 2.11. The third-order valence-corrected chi connectivity index (χ3v) is 5.15. The number of hydrogen-bond donors (Lipinski definition) is 0. The van der Waals surface area contributed by atoms with Crippen molar-refractivity contribution in [3.05, 3.63) is 94.8 Å². The van der Waals surface area contributed by atoms with Gasteiger partial charge in [0.05, 0.1) is 14.2 Å². The van der Waals surface area contributed by atoms with Crippen molar-refractivity contribution in [1.29, 1.82) is 0 Å². The molecule has 0 saturated heterocycles. The molecule has 0 radical (unpaired) electrons. The Kier molecular flexibility index (Phi) is 7.25. The summed E-state index contributed by atoms with van der Waals surface area (Å²) < 4.78 is 22.0. The summed E-state index contributed by atoms with van der Waals surface area (Å²) in [5.74, 6) is 2.30. The lowest BCUT2D eigenvalue weighted by Gasteiger charge is -2.10. The van der Waals surface area contributed by atoms with E-state index in [1.54, 1.807) is 81.0 Å². The van der Waals surface area contributed by atoms with Crippen molar-refractivity contribution in [2.75, 3.05) is 14.2 Å². The monoisotopic (exact) mass is 476 g/mol. The van der Waals surface area contributed by atoms with Gasteiger partial charge in [0.15, 0.2) is 23.9 Å². The summed E-state index contributed by atoms with van der Waals surface area (Å²) in [6.45, 7) is 0.0715. The third kappa shape index (κ3) is 5.63. The Labute approximate surface area is 201 Å². The van der Waals surface area contributed by atoms with E-state index >= 15 is 0 Å². The first-order valence-electron chi connectivity index (χ1n) is 10.3. The topological polar surface area (TPSA) is 83.7 Å². The van der Waals surface area contributed by atoms with Gasteiger partial charge in [-0.05, 0) is 72.3 Å². The summed E-state index contributed by atoms with van der Waals surface area (Å²) in [4.78, 5) is 12.4. The second-order valence-corrected chi connectivity index (χ2v) is 7.57. The first-order valence-corrected chi connectivity index (χ1v) is 10.7. The van der Waals surface area contributed by atoms with Gasteiger partial charge >= 0.3 is 0 Å². The number of aromatic nitrogens is 2. The van der Waals surface area contributed by atoms with Gasteiger partial charge in [0.1, 0.15) is 5.75 Å². The molecule has 4 aromatic rings. The highest BCUT2D eigenvalue weighted by atomic mass is 35.5. The van der Waals surface area contributed by atoms with Crippen LogP contribution in [0.5, 0.6) is 17.2 Å². The van der Waals surface area contributed by atoms with Crippen LogP contribution in [0.25, 0.3) is 17.5 Å². The van der Waals surface area contributed by atoms with E-state index in [1.807, 2.05) is 6.07 Å². The molecule has 0 spiro atoms. The van der Waals surface area contributed by atoms with Crippen molar-refractivity contribution in [2.24, 2.45) is 0 Å². The van der Waals surface area contributed by atoms with E-state index < -0.39 is 0 Å². The Balaban J connectivity index is 1.40. The van der Waals surface area contributed by atoms with Crippen LogP contribution >= 0.6 is 11.6 Å². The van der Waals surface area contributed by atoms with Crippen molar-refractivity contribution < 1.29 is 23.4 Å². The Morgan fingerprint density at radius 3 is 2.41 bits per heavy atom. The summed E-state index contributed by atoms with van der Waals surface area (Å²) in [5.41, 5.74) is 2.12. The predicted molar refractivity (Wildman–Crippen MR) is 128 cm³/mol. The zero-order valence-corrected chi connectivity index (χ0v) is 19.3. The number of rotatable bonds is 9. The van der Waals surface area contributed by atoms with Crippen molar-refractivity contribution in [3.8, 4) is 28.7 Å². The Morgan fingerprint density at radius 1 is 0.941 bits per heavy atom. The molecule has 172 valence electrons. The van der Waals surface area contributed by atoms with Crippen LogP contribution in [0.3, 0.4) is 0 Å². The smallest absolute Gasteiger partial charge is 0.254 e. The van der Waals surface area contributed by atoms with E-state index in [4.69, 9.17) is 30.2 Å². The minimum absolute atomic E-state index is 0.0715. The van der Waals surface area contributed by atoms with Gasteiger partial charge in [-0.15, -0.1) is 10.2 Å². The summed E-state index contributed by atoms with van der Waals surface area (Å²) in [6.07, 6.45) is 3.23. The van der Waals surface area contributed by atoms with Gasteiger partial charge in [-0.2, -0.15) is 0 Å². The van der Waals surface area contributed by atoms with E-state index in [1.165, 1.54) is 6.08 Å². The maximum Gasteiger partial charge on any atom is 0.254 e. The zero-order chi connectivity index (χ0) is 23.9. The van der Waals surface area contributed by atoms with Gasteiger partial charge in [0, 0.05) is 16.1 Å². The van der Waals surface area contributed by atoms with Gasteiger partial charge in [0.2, 0.25) is 5.89 Å². The van der Waals surface area contributed by atoms with Crippen molar-refractivity contribution in [3.63, 3.8) is 0 Å². The maximum atomic E-state index is 12.4. The lowest BCUT2D eigenvalue weighted by atomic mass is 10.1. The molecule has 3 aromatic carbocycles. The highest BCUT2D eigenvalue weighted by Crippen LogP contribution is 2.30. The van der Waals surface area contributed by atoms with Crippen molar-refractivity contribution in [1.82, 2.24) is 10.2 Å². The van der Waals surface area contributed by atoms with Gasteiger partial charge in [-0.1, -0.05) is 23.7 Å². The SMILES string of the molecule is COc1ccc(C(=O)/C=C/c2ccc(OCc3nnc(-c4ccc(Cl)cc4)o3)c(OC)c2)cc1. The standard InChI is InChI=1S/C26H21ClN2O5/c1-31-21-11-7-18(8-12-21)22(30)13-3-17-4-14-23(24(15-17)32-2)33-16-25-28-29-26(34-25)19-5-9-20(27)10-6-19/h3-15H,16H2,1-2H3/b13-3+. The molecule has 0 unspecified atom stereocenters.